The molecule has 0 saturated heterocycles. The standard InChI is InChI=1S/C31H35Br2FO3S2Si/c1-31(2,3)40(22-16-10-8-11-17-22,23-18-12-9-13-19-23)37-21-15-7-5-4-6-14-20-36-30(35)27-25(34)24-26(38-27)29(33)39-28(24)32/h8-13,16-19H,4-7,14-15,20-21H2,1-3H3. The molecule has 4 rings (SSSR count). The number of hydrogen-bond acceptors (Lipinski definition) is 5. The Balaban J connectivity index is 1.21. The normalized spacial score (nSPS) is 12.2. The maximum atomic E-state index is 14.7. The van der Waals surface area contributed by atoms with E-state index in [0.29, 0.717) is 15.8 Å². The summed E-state index contributed by atoms with van der Waals surface area (Å²) in [7, 11) is -2.47. The number of esters is 1. The van der Waals surface area contributed by atoms with Gasteiger partial charge in [0.2, 0.25) is 0 Å². The largest absolute Gasteiger partial charge is 0.461 e. The Labute approximate surface area is 262 Å². The SMILES string of the molecule is CC(C)(C)[Si](OCCCCCCCCOC(=O)c1sc2c(Br)sc(Br)c2c1F)(c1ccccc1)c1ccccc1. The predicted octanol–water partition coefficient (Wildman–Crippen LogP) is 9.70. The molecule has 40 heavy (non-hydrogen) atoms. The molecule has 0 saturated carbocycles. The van der Waals surface area contributed by atoms with E-state index in [1.807, 2.05) is 0 Å². The molecule has 0 N–H and O–H groups in total. The number of carbonyl (C=O) groups is 1. The van der Waals surface area contributed by atoms with Gasteiger partial charge in [-0.15, -0.1) is 22.7 Å². The Morgan fingerprint density at radius 2 is 1.32 bits per heavy atom. The molecule has 0 bridgehead atoms. The molecule has 0 spiro atoms. The highest BCUT2D eigenvalue weighted by atomic mass is 79.9. The molecule has 2 aromatic carbocycles. The summed E-state index contributed by atoms with van der Waals surface area (Å²) in [6.07, 6.45) is 6.03. The Morgan fingerprint density at radius 3 is 1.85 bits per heavy atom. The van der Waals surface area contributed by atoms with Crippen LogP contribution in [0.15, 0.2) is 68.2 Å². The van der Waals surface area contributed by atoms with Crippen LogP contribution in [0.3, 0.4) is 0 Å². The number of unbranched alkanes of at least 4 members (excludes halogenated alkanes) is 5. The molecular weight excluding hydrogens is 691 g/mol. The first kappa shape index (κ1) is 31.6. The first-order chi connectivity index (χ1) is 19.2. The maximum absolute atomic E-state index is 14.7. The average molecular weight is 727 g/mol. The fourth-order valence-corrected chi connectivity index (χ4v) is 14.2. The van der Waals surface area contributed by atoms with Crippen LogP contribution in [0.1, 0.15) is 69.0 Å². The molecule has 4 aromatic rings. The summed E-state index contributed by atoms with van der Waals surface area (Å²) in [5.41, 5.74) is 0. The minimum atomic E-state index is -2.47. The van der Waals surface area contributed by atoms with Gasteiger partial charge in [0.05, 0.1) is 24.3 Å². The number of halogens is 3. The highest BCUT2D eigenvalue weighted by molar-refractivity contribution is 9.12. The topological polar surface area (TPSA) is 35.5 Å². The van der Waals surface area contributed by atoms with Crippen molar-refractivity contribution in [3.8, 4) is 0 Å². The third kappa shape index (κ3) is 6.98. The lowest BCUT2D eigenvalue weighted by molar-refractivity contribution is 0.0499. The van der Waals surface area contributed by atoms with Crippen molar-refractivity contribution in [2.24, 2.45) is 0 Å². The van der Waals surface area contributed by atoms with Crippen molar-refractivity contribution in [2.75, 3.05) is 13.2 Å². The van der Waals surface area contributed by atoms with Crippen molar-refractivity contribution in [2.45, 2.75) is 64.3 Å². The first-order valence-corrected chi connectivity index (χ1v) is 18.8. The van der Waals surface area contributed by atoms with Gasteiger partial charge in [-0.25, -0.2) is 9.18 Å². The molecule has 9 heteroatoms. The molecule has 0 atom stereocenters. The maximum Gasteiger partial charge on any atom is 0.351 e. The monoisotopic (exact) mass is 724 g/mol. The lowest BCUT2D eigenvalue weighted by atomic mass is 10.1. The van der Waals surface area contributed by atoms with E-state index in [9.17, 15) is 9.18 Å². The van der Waals surface area contributed by atoms with Gasteiger partial charge in [0.1, 0.15) is 4.88 Å². The Hall–Kier alpha value is -1.36. The summed E-state index contributed by atoms with van der Waals surface area (Å²) in [6, 6.07) is 21.5. The number of fused-ring (bicyclic) bond motifs is 1. The molecule has 0 fully saturated rings. The zero-order chi connectivity index (χ0) is 28.8. The minimum Gasteiger partial charge on any atom is -0.461 e. The van der Waals surface area contributed by atoms with E-state index >= 15 is 0 Å². The Kier molecular flexibility index (Phi) is 11.2. The fourth-order valence-electron chi connectivity index (χ4n) is 5.16. The number of hydrogen-bond donors (Lipinski definition) is 0. The number of ether oxygens (including phenoxy) is 1. The third-order valence-electron chi connectivity index (χ3n) is 7.10. The summed E-state index contributed by atoms with van der Waals surface area (Å²) in [6.45, 7) is 7.96. The zero-order valence-electron chi connectivity index (χ0n) is 23.1. The van der Waals surface area contributed by atoms with E-state index < -0.39 is 20.1 Å². The van der Waals surface area contributed by atoms with Crippen LogP contribution in [0.2, 0.25) is 5.04 Å². The number of rotatable bonds is 13. The van der Waals surface area contributed by atoms with E-state index in [4.69, 9.17) is 9.16 Å². The van der Waals surface area contributed by atoms with Crippen LogP contribution in [-0.4, -0.2) is 27.5 Å². The van der Waals surface area contributed by atoms with Gasteiger partial charge in [-0.1, -0.05) is 107 Å². The molecule has 0 unspecified atom stereocenters. The molecule has 214 valence electrons. The Bertz CT molecular complexity index is 1360. The molecular formula is C31H35Br2FO3S2Si. The smallest absolute Gasteiger partial charge is 0.351 e. The summed E-state index contributed by atoms with van der Waals surface area (Å²) < 4.78 is 29.3. The van der Waals surface area contributed by atoms with Gasteiger partial charge in [-0.2, -0.15) is 0 Å². The van der Waals surface area contributed by atoms with Crippen molar-refractivity contribution in [3.63, 3.8) is 0 Å². The minimum absolute atomic E-state index is 0.0122. The predicted molar refractivity (Wildman–Crippen MR) is 177 cm³/mol. The Morgan fingerprint density at radius 1 is 0.800 bits per heavy atom. The van der Waals surface area contributed by atoms with E-state index in [1.165, 1.54) is 21.7 Å². The molecule has 0 amide bonds. The van der Waals surface area contributed by atoms with Gasteiger partial charge >= 0.3 is 5.97 Å². The second kappa shape index (κ2) is 14.2. The second-order valence-corrected chi connectivity index (χ2v) is 19.9. The van der Waals surface area contributed by atoms with Crippen LogP contribution in [-0.2, 0) is 9.16 Å². The molecule has 2 aromatic heterocycles. The van der Waals surface area contributed by atoms with Gasteiger partial charge in [0, 0.05) is 6.61 Å². The molecule has 2 heterocycles. The van der Waals surface area contributed by atoms with E-state index in [-0.39, 0.29) is 9.92 Å². The van der Waals surface area contributed by atoms with Crippen molar-refractivity contribution in [3.05, 3.63) is 78.9 Å². The first-order valence-electron chi connectivity index (χ1n) is 13.6. The van der Waals surface area contributed by atoms with E-state index in [0.717, 1.165) is 65.0 Å². The molecule has 0 radical (unpaired) electrons. The zero-order valence-corrected chi connectivity index (χ0v) is 28.9. The van der Waals surface area contributed by atoms with Crippen LogP contribution < -0.4 is 10.4 Å². The molecule has 3 nitrogen and oxygen atoms in total. The van der Waals surface area contributed by atoms with Crippen LogP contribution in [0.4, 0.5) is 4.39 Å². The van der Waals surface area contributed by atoms with Crippen molar-refractivity contribution >= 4 is 89.3 Å². The molecule has 0 aliphatic carbocycles. The summed E-state index contributed by atoms with van der Waals surface area (Å²) >= 11 is 9.34. The summed E-state index contributed by atoms with van der Waals surface area (Å²) in [5, 5.41) is 3.06. The highest BCUT2D eigenvalue weighted by Crippen LogP contribution is 2.45. The van der Waals surface area contributed by atoms with Gasteiger partial charge < -0.3 is 9.16 Å². The lowest BCUT2D eigenvalue weighted by Crippen LogP contribution is -2.66. The lowest BCUT2D eigenvalue weighted by Gasteiger charge is -2.43. The van der Waals surface area contributed by atoms with Gasteiger partial charge in [-0.3, -0.25) is 0 Å². The van der Waals surface area contributed by atoms with Crippen LogP contribution in [0.25, 0.3) is 10.1 Å². The van der Waals surface area contributed by atoms with Crippen LogP contribution >= 0.6 is 54.5 Å². The van der Waals surface area contributed by atoms with Gasteiger partial charge in [0.25, 0.3) is 8.32 Å². The third-order valence-corrected chi connectivity index (χ3v) is 16.2. The van der Waals surface area contributed by atoms with Crippen molar-refractivity contribution in [1.29, 1.82) is 0 Å². The van der Waals surface area contributed by atoms with Crippen LogP contribution in [0.5, 0.6) is 0 Å². The highest BCUT2D eigenvalue weighted by Gasteiger charge is 2.49. The number of thiophene rings is 2. The van der Waals surface area contributed by atoms with Crippen LogP contribution in [0, 0.1) is 5.82 Å². The van der Waals surface area contributed by atoms with E-state index in [1.54, 1.807) is 0 Å². The molecule has 0 aliphatic rings. The fraction of sp³-hybridized carbons (Fsp3) is 0.387. The van der Waals surface area contributed by atoms with Crippen molar-refractivity contribution in [1.82, 2.24) is 0 Å². The van der Waals surface area contributed by atoms with Gasteiger partial charge in [0.15, 0.2) is 5.82 Å². The van der Waals surface area contributed by atoms with E-state index in [2.05, 4.69) is 113 Å². The summed E-state index contributed by atoms with van der Waals surface area (Å²) in [4.78, 5) is 12.5. The number of carbonyl (C=O) groups excluding carboxylic acids is 1. The van der Waals surface area contributed by atoms with Crippen molar-refractivity contribution < 1.29 is 18.3 Å². The van der Waals surface area contributed by atoms with Gasteiger partial charge in [-0.05, 0) is 60.1 Å². The summed E-state index contributed by atoms with van der Waals surface area (Å²) in [5.74, 6) is -1.08. The molecule has 0 aliphatic heterocycles. The quantitative estimate of drug-likeness (QED) is 0.0783. The average Bonchev–Trinajstić information content (AvgIpc) is 3.43. The second-order valence-electron chi connectivity index (χ2n) is 10.9. The number of benzene rings is 2.